The number of hydrogen-bond acceptors (Lipinski definition) is 7. The summed E-state index contributed by atoms with van der Waals surface area (Å²) in [7, 11) is 2.05. The summed E-state index contributed by atoms with van der Waals surface area (Å²) in [4.78, 5) is 12.8. The van der Waals surface area contributed by atoms with Gasteiger partial charge in [0.05, 0.1) is 25.8 Å². The Balaban J connectivity index is 1.62. The van der Waals surface area contributed by atoms with Gasteiger partial charge in [0, 0.05) is 17.0 Å². The van der Waals surface area contributed by atoms with E-state index >= 15 is 0 Å². The van der Waals surface area contributed by atoms with Crippen LogP contribution in [0, 0.1) is 13.0 Å². The molecule has 0 saturated carbocycles. The smallest absolute Gasteiger partial charge is 0.196 e. The number of quaternary nitrogens is 1. The van der Waals surface area contributed by atoms with Gasteiger partial charge in [-0.1, -0.05) is 12.1 Å². The molecule has 0 unspecified atom stereocenters. The number of nitrogens with zero attached hydrogens (tertiary/aromatic N) is 5. The van der Waals surface area contributed by atoms with E-state index in [0.29, 0.717) is 9.75 Å². The SMILES string of the molecule is Cc1cc(Nc2cc(N3CC[N+](C)(N)CC3)nc(Sc3cc[c]cc3)n2)[nH]n1. The molecule has 1 saturated heterocycles. The lowest BCUT2D eigenvalue weighted by molar-refractivity contribution is -0.921. The van der Waals surface area contributed by atoms with Crippen LogP contribution in [0.25, 0.3) is 0 Å². The molecule has 1 fully saturated rings. The van der Waals surface area contributed by atoms with Crippen molar-refractivity contribution in [3.05, 3.63) is 48.2 Å². The first-order valence-electron chi connectivity index (χ1n) is 9.17. The lowest BCUT2D eigenvalue weighted by atomic mass is 10.3. The number of aryl methyl sites for hydroxylation is 1. The predicted octanol–water partition coefficient (Wildman–Crippen LogP) is 2.34. The maximum Gasteiger partial charge on any atom is 0.196 e. The van der Waals surface area contributed by atoms with E-state index in [2.05, 4.69) is 38.5 Å². The van der Waals surface area contributed by atoms with Gasteiger partial charge in [0.15, 0.2) is 5.16 Å². The molecule has 0 spiro atoms. The molecule has 0 bridgehead atoms. The number of aromatic nitrogens is 4. The minimum absolute atomic E-state index is 0.544. The lowest BCUT2D eigenvalue weighted by Gasteiger charge is -2.38. The number of likely N-dealkylation sites (N-methyl/N-ethyl adjacent to an activating group) is 1. The fourth-order valence-corrected chi connectivity index (χ4v) is 3.77. The molecule has 1 aliphatic heterocycles. The normalized spacial score (nSPS) is 16.2. The van der Waals surface area contributed by atoms with E-state index in [1.165, 1.54) is 11.8 Å². The summed E-state index contributed by atoms with van der Waals surface area (Å²) in [5, 5.41) is 11.1. The maximum absolute atomic E-state index is 6.23. The molecule has 1 aromatic carbocycles. The van der Waals surface area contributed by atoms with Gasteiger partial charge in [0.1, 0.15) is 30.5 Å². The van der Waals surface area contributed by atoms with Gasteiger partial charge >= 0.3 is 0 Å². The molecular formula is C19H24N8S+. The van der Waals surface area contributed by atoms with Gasteiger partial charge < -0.3 is 10.2 Å². The van der Waals surface area contributed by atoms with Crippen molar-refractivity contribution in [3.8, 4) is 0 Å². The first-order chi connectivity index (χ1) is 13.5. The summed E-state index contributed by atoms with van der Waals surface area (Å²) in [6.45, 7) is 5.41. The van der Waals surface area contributed by atoms with Crippen LogP contribution in [0.3, 0.4) is 0 Å². The molecule has 4 N–H and O–H groups in total. The van der Waals surface area contributed by atoms with Gasteiger partial charge in [-0.05, 0) is 36.9 Å². The zero-order chi connectivity index (χ0) is 19.6. The number of piperazine rings is 1. The Bertz CT molecular complexity index is 930. The van der Waals surface area contributed by atoms with Crippen LogP contribution in [0.2, 0.25) is 0 Å². The van der Waals surface area contributed by atoms with Crippen molar-refractivity contribution in [2.24, 2.45) is 5.84 Å². The third kappa shape index (κ3) is 4.61. The Kier molecular flexibility index (Phi) is 5.21. The molecule has 1 aliphatic rings. The standard InChI is InChI=1S/C19H24N8S/c1-14-12-17(25-24-14)21-16-13-18(26-8-10-27(2,20)11-9-26)23-19(22-16)28-15-6-4-3-5-7-15/h4-7,12-13H,8-11,20H2,1-2H3,(H2,21,22,23,24,25)/q+1. The van der Waals surface area contributed by atoms with E-state index in [1.807, 2.05) is 43.3 Å². The van der Waals surface area contributed by atoms with Gasteiger partial charge in [-0.25, -0.2) is 14.6 Å². The van der Waals surface area contributed by atoms with Crippen molar-refractivity contribution < 1.29 is 4.59 Å². The Morgan fingerprint density at radius 1 is 1.21 bits per heavy atom. The van der Waals surface area contributed by atoms with E-state index in [0.717, 1.165) is 54.2 Å². The zero-order valence-electron chi connectivity index (χ0n) is 16.0. The molecule has 0 amide bonds. The van der Waals surface area contributed by atoms with Gasteiger partial charge in [0.25, 0.3) is 0 Å². The van der Waals surface area contributed by atoms with Crippen molar-refractivity contribution in [3.63, 3.8) is 0 Å². The largest absolute Gasteiger partial charge is 0.345 e. The van der Waals surface area contributed by atoms with Crippen LogP contribution >= 0.6 is 11.8 Å². The first-order valence-corrected chi connectivity index (χ1v) is 9.99. The van der Waals surface area contributed by atoms with Crippen LogP contribution < -0.4 is 16.1 Å². The van der Waals surface area contributed by atoms with E-state index in [9.17, 15) is 0 Å². The second kappa shape index (κ2) is 7.78. The van der Waals surface area contributed by atoms with Crippen molar-refractivity contribution in [1.29, 1.82) is 0 Å². The molecule has 0 atom stereocenters. The van der Waals surface area contributed by atoms with E-state index in [4.69, 9.17) is 10.8 Å². The number of H-pyrrole nitrogens is 1. The van der Waals surface area contributed by atoms with Gasteiger partial charge in [-0.15, -0.1) is 0 Å². The van der Waals surface area contributed by atoms with Crippen LogP contribution in [-0.2, 0) is 0 Å². The molecule has 0 aliphatic carbocycles. The van der Waals surface area contributed by atoms with Crippen molar-refractivity contribution in [1.82, 2.24) is 20.2 Å². The quantitative estimate of drug-likeness (QED) is 0.346. The van der Waals surface area contributed by atoms with Gasteiger partial charge in [-0.2, -0.15) is 10.9 Å². The number of nitrogens with two attached hydrogens (primary N) is 1. The summed E-state index contributed by atoms with van der Waals surface area (Å²) in [6.07, 6.45) is 0. The van der Waals surface area contributed by atoms with Crippen molar-refractivity contribution in [2.45, 2.75) is 17.0 Å². The molecule has 9 heteroatoms. The Labute approximate surface area is 168 Å². The maximum atomic E-state index is 6.23. The zero-order valence-corrected chi connectivity index (χ0v) is 16.8. The lowest BCUT2D eigenvalue weighted by Crippen LogP contribution is -2.61. The monoisotopic (exact) mass is 396 g/mol. The summed E-state index contributed by atoms with van der Waals surface area (Å²) >= 11 is 1.53. The van der Waals surface area contributed by atoms with E-state index in [1.54, 1.807) is 0 Å². The molecule has 28 heavy (non-hydrogen) atoms. The Hall–Kier alpha value is -2.62. The molecule has 3 aromatic rings. The van der Waals surface area contributed by atoms with Crippen molar-refractivity contribution in [2.75, 3.05) is 43.4 Å². The predicted molar refractivity (Wildman–Crippen MR) is 110 cm³/mol. The highest BCUT2D eigenvalue weighted by molar-refractivity contribution is 7.99. The van der Waals surface area contributed by atoms with Crippen LogP contribution in [0.15, 0.2) is 46.5 Å². The fraction of sp³-hybridized carbons (Fsp3) is 0.316. The summed E-state index contributed by atoms with van der Waals surface area (Å²) < 4.78 is 0.544. The number of benzene rings is 1. The highest BCUT2D eigenvalue weighted by Crippen LogP contribution is 2.29. The second-order valence-corrected chi connectivity index (χ2v) is 8.23. The number of nitrogens with one attached hydrogen (secondary N) is 2. The third-order valence-electron chi connectivity index (χ3n) is 4.64. The Morgan fingerprint density at radius 2 is 1.96 bits per heavy atom. The molecule has 145 valence electrons. The highest BCUT2D eigenvalue weighted by atomic mass is 32.2. The Morgan fingerprint density at radius 3 is 2.64 bits per heavy atom. The summed E-state index contributed by atoms with van der Waals surface area (Å²) in [5.41, 5.74) is 0.919. The molecular weight excluding hydrogens is 372 g/mol. The molecule has 3 heterocycles. The molecule has 8 nitrogen and oxygen atoms in total. The molecule has 1 radical (unpaired) electrons. The first kappa shape index (κ1) is 18.7. The van der Waals surface area contributed by atoms with Gasteiger partial charge in [-0.3, -0.25) is 5.10 Å². The topological polar surface area (TPSA) is 95.7 Å². The van der Waals surface area contributed by atoms with Crippen molar-refractivity contribution >= 4 is 29.2 Å². The second-order valence-electron chi connectivity index (χ2n) is 7.19. The van der Waals surface area contributed by atoms with Crippen LogP contribution in [0.4, 0.5) is 17.5 Å². The van der Waals surface area contributed by atoms with E-state index in [-0.39, 0.29) is 0 Å². The molecule has 4 rings (SSSR count). The number of hydrogen-bond donors (Lipinski definition) is 3. The average Bonchev–Trinajstić information content (AvgIpc) is 3.07. The van der Waals surface area contributed by atoms with E-state index < -0.39 is 0 Å². The minimum atomic E-state index is 0.544. The van der Waals surface area contributed by atoms with Crippen LogP contribution in [-0.4, -0.2) is 58.0 Å². The third-order valence-corrected chi connectivity index (χ3v) is 5.52. The summed E-state index contributed by atoms with van der Waals surface area (Å²) in [5.74, 6) is 8.67. The minimum Gasteiger partial charge on any atom is -0.345 e. The van der Waals surface area contributed by atoms with Gasteiger partial charge in [0.2, 0.25) is 0 Å². The number of rotatable bonds is 5. The number of anilines is 3. The van der Waals surface area contributed by atoms with Crippen LogP contribution in [0.1, 0.15) is 5.69 Å². The molecule has 2 aromatic heterocycles. The summed E-state index contributed by atoms with van der Waals surface area (Å²) in [6, 6.07) is 14.8. The highest BCUT2D eigenvalue weighted by Gasteiger charge is 2.27. The fourth-order valence-electron chi connectivity index (χ4n) is 3.00. The van der Waals surface area contributed by atoms with Crippen LogP contribution in [0.5, 0.6) is 0 Å². The average molecular weight is 397 g/mol. The number of aromatic amines is 1.